The van der Waals surface area contributed by atoms with Gasteiger partial charge in [-0.2, -0.15) is 0 Å². The van der Waals surface area contributed by atoms with Crippen LogP contribution in [0.4, 0.5) is 5.69 Å². The van der Waals surface area contributed by atoms with Gasteiger partial charge in [0.2, 0.25) is 5.91 Å². The van der Waals surface area contributed by atoms with Crippen LogP contribution in [0.1, 0.15) is 29.6 Å². The lowest BCUT2D eigenvalue weighted by Gasteiger charge is -2.20. The maximum atomic E-state index is 12.2. The number of allylic oxidation sites excluding steroid dienone is 2. The van der Waals surface area contributed by atoms with Crippen molar-refractivity contribution in [1.29, 1.82) is 0 Å². The Morgan fingerprint density at radius 3 is 2.74 bits per heavy atom. The SMILES string of the molecule is CN(C(=O)CC1C=CCC1)c1ccccc1C(=O)O. The summed E-state index contributed by atoms with van der Waals surface area (Å²) in [4.78, 5) is 24.8. The number of nitrogens with zero attached hydrogens (tertiary/aromatic N) is 1. The van der Waals surface area contributed by atoms with E-state index in [0.29, 0.717) is 12.1 Å². The minimum atomic E-state index is -1.02. The van der Waals surface area contributed by atoms with E-state index in [4.69, 9.17) is 5.11 Å². The number of rotatable bonds is 4. The smallest absolute Gasteiger partial charge is 0.337 e. The minimum Gasteiger partial charge on any atom is -0.478 e. The summed E-state index contributed by atoms with van der Waals surface area (Å²) in [7, 11) is 1.63. The Labute approximate surface area is 112 Å². The first-order valence-electron chi connectivity index (χ1n) is 6.35. The summed E-state index contributed by atoms with van der Waals surface area (Å²) in [5.74, 6) is -0.784. The predicted octanol–water partition coefficient (Wildman–Crippen LogP) is 2.70. The van der Waals surface area contributed by atoms with Crippen LogP contribution in [0.5, 0.6) is 0 Å². The summed E-state index contributed by atoms with van der Waals surface area (Å²) < 4.78 is 0. The maximum absolute atomic E-state index is 12.2. The van der Waals surface area contributed by atoms with E-state index < -0.39 is 5.97 Å². The average molecular weight is 259 g/mol. The van der Waals surface area contributed by atoms with E-state index in [2.05, 4.69) is 12.2 Å². The van der Waals surface area contributed by atoms with Crippen molar-refractivity contribution >= 4 is 17.6 Å². The van der Waals surface area contributed by atoms with Crippen molar-refractivity contribution in [2.75, 3.05) is 11.9 Å². The molecule has 1 aromatic carbocycles. The molecule has 0 heterocycles. The van der Waals surface area contributed by atoms with Gasteiger partial charge in [0.25, 0.3) is 0 Å². The third kappa shape index (κ3) is 3.02. The molecule has 100 valence electrons. The third-order valence-corrected chi connectivity index (χ3v) is 3.42. The van der Waals surface area contributed by atoms with E-state index in [-0.39, 0.29) is 17.4 Å². The molecule has 1 unspecified atom stereocenters. The summed E-state index contributed by atoms with van der Waals surface area (Å²) in [5.41, 5.74) is 0.599. The fourth-order valence-corrected chi connectivity index (χ4v) is 2.31. The van der Waals surface area contributed by atoms with Crippen LogP contribution in [0.2, 0.25) is 0 Å². The van der Waals surface area contributed by atoms with Gasteiger partial charge < -0.3 is 10.0 Å². The van der Waals surface area contributed by atoms with E-state index >= 15 is 0 Å². The Balaban J connectivity index is 2.14. The van der Waals surface area contributed by atoms with Crippen molar-refractivity contribution < 1.29 is 14.7 Å². The normalized spacial score (nSPS) is 17.4. The molecule has 0 spiro atoms. The molecule has 0 saturated carbocycles. The third-order valence-electron chi connectivity index (χ3n) is 3.42. The predicted molar refractivity (Wildman–Crippen MR) is 73.3 cm³/mol. The number of aromatic carboxylic acids is 1. The van der Waals surface area contributed by atoms with Gasteiger partial charge in [-0.25, -0.2) is 4.79 Å². The number of anilines is 1. The summed E-state index contributed by atoms with van der Waals surface area (Å²) >= 11 is 0. The van der Waals surface area contributed by atoms with Crippen LogP contribution >= 0.6 is 0 Å². The summed E-state index contributed by atoms with van der Waals surface area (Å²) in [6.45, 7) is 0. The lowest BCUT2D eigenvalue weighted by Crippen LogP contribution is -2.29. The number of benzene rings is 1. The first-order valence-corrected chi connectivity index (χ1v) is 6.35. The quantitative estimate of drug-likeness (QED) is 0.846. The van der Waals surface area contributed by atoms with Gasteiger partial charge in [0.1, 0.15) is 0 Å². The van der Waals surface area contributed by atoms with Gasteiger partial charge in [-0.1, -0.05) is 24.3 Å². The topological polar surface area (TPSA) is 57.6 Å². The van der Waals surface area contributed by atoms with Crippen molar-refractivity contribution in [3.63, 3.8) is 0 Å². The fraction of sp³-hybridized carbons (Fsp3) is 0.333. The van der Waals surface area contributed by atoms with Crippen molar-refractivity contribution in [3.05, 3.63) is 42.0 Å². The molecule has 1 N–H and O–H groups in total. The molecule has 1 amide bonds. The van der Waals surface area contributed by atoms with Crippen molar-refractivity contribution in [2.45, 2.75) is 19.3 Å². The van der Waals surface area contributed by atoms with E-state index in [0.717, 1.165) is 12.8 Å². The lowest BCUT2D eigenvalue weighted by molar-refractivity contribution is -0.118. The summed E-state index contributed by atoms with van der Waals surface area (Å²) in [6.07, 6.45) is 6.60. The highest BCUT2D eigenvalue weighted by Crippen LogP contribution is 2.24. The van der Waals surface area contributed by atoms with Crippen molar-refractivity contribution in [3.8, 4) is 0 Å². The second kappa shape index (κ2) is 5.69. The van der Waals surface area contributed by atoms with Crippen LogP contribution in [0.25, 0.3) is 0 Å². The lowest BCUT2D eigenvalue weighted by atomic mass is 10.0. The van der Waals surface area contributed by atoms with E-state index in [1.54, 1.807) is 25.2 Å². The van der Waals surface area contributed by atoms with Crippen LogP contribution < -0.4 is 4.90 Å². The van der Waals surface area contributed by atoms with Crippen LogP contribution in [0.3, 0.4) is 0 Å². The molecule has 0 fully saturated rings. The first-order chi connectivity index (χ1) is 9.09. The Morgan fingerprint density at radius 2 is 2.11 bits per heavy atom. The highest BCUT2D eigenvalue weighted by atomic mass is 16.4. The highest BCUT2D eigenvalue weighted by molar-refractivity contribution is 6.01. The van der Waals surface area contributed by atoms with Crippen LogP contribution in [-0.2, 0) is 4.79 Å². The molecule has 19 heavy (non-hydrogen) atoms. The number of hydrogen-bond donors (Lipinski definition) is 1. The molecule has 0 saturated heterocycles. The number of carboxylic acids is 1. The van der Waals surface area contributed by atoms with Crippen molar-refractivity contribution in [2.24, 2.45) is 5.92 Å². The number of amides is 1. The largest absolute Gasteiger partial charge is 0.478 e. The molecule has 2 rings (SSSR count). The Bertz CT molecular complexity index is 522. The molecular formula is C15H17NO3. The first kappa shape index (κ1) is 13.3. The van der Waals surface area contributed by atoms with Crippen LogP contribution in [-0.4, -0.2) is 24.0 Å². The number of hydrogen-bond acceptors (Lipinski definition) is 2. The molecule has 1 aliphatic rings. The summed E-state index contributed by atoms with van der Waals surface area (Å²) in [5, 5.41) is 9.13. The zero-order chi connectivity index (χ0) is 13.8. The Kier molecular flexibility index (Phi) is 4.00. The van der Waals surface area contributed by atoms with Crippen LogP contribution in [0, 0.1) is 5.92 Å². The monoisotopic (exact) mass is 259 g/mol. The molecule has 1 atom stereocenters. The zero-order valence-electron chi connectivity index (χ0n) is 10.9. The molecular weight excluding hydrogens is 242 g/mol. The molecule has 0 aliphatic heterocycles. The molecule has 1 aliphatic carbocycles. The second-order valence-electron chi connectivity index (χ2n) is 4.74. The number of carbonyl (C=O) groups is 2. The van der Waals surface area contributed by atoms with Crippen molar-refractivity contribution in [1.82, 2.24) is 0 Å². The molecule has 1 aromatic rings. The molecule has 4 heteroatoms. The van der Waals surface area contributed by atoms with Gasteiger partial charge in [0.15, 0.2) is 0 Å². The van der Waals surface area contributed by atoms with Gasteiger partial charge in [-0.05, 0) is 30.9 Å². The van der Waals surface area contributed by atoms with E-state index in [1.165, 1.54) is 11.0 Å². The zero-order valence-corrected chi connectivity index (χ0v) is 10.9. The maximum Gasteiger partial charge on any atom is 0.337 e. The second-order valence-corrected chi connectivity index (χ2v) is 4.74. The van der Waals surface area contributed by atoms with Gasteiger partial charge in [0.05, 0.1) is 11.3 Å². The Morgan fingerprint density at radius 1 is 1.37 bits per heavy atom. The number of carbonyl (C=O) groups excluding carboxylic acids is 1. The van der Waals surface area contributed by atoms with E-state index in [1.807, 2.05) is 0 Å². The molecule has 0 bridgehead atoms. The van der Waals surface area contributed by atoms with Crippen LogP contribution in [0.15, 0.2) is 36.4 Å². The van der Waals surface area contributed by atoms with Gasteiger partial charge in [-0.15, -0.1) is 0 Å². The van der Waals surface area contributed by atoms with Gasteiger partial charge >= 0.3 is 5.97 Å². The standard InChI is InChI=1S/C15H17NO3/c1-16(14(17)10-11-6-2-3-7-11)13-9-5-4-8-12(13)15(18)19/h2,4-6,8-9,11H,3,7,10H2,1H3,(H,18,19). The molecule has 0 aromatic heterocycles. The van der Waals surface area contributed by atoms with E-state index in [9.17, 15) is 9.59 Å². The van der Waals surface area contributed by atoms with Gasteiger partial charge in [0, 0.05) is 13.5 Å². The molecule has 4 nitrogen and oxygen atoms in total. The minimum absolute atomic E-state index is 0.0507. The highest BCUT2D eigenvalue weighted by Gasteiger charge is 2.21. The summed E-state index contributed by atoms with van der Waals surface area (Å²) in [6, 6.07) is 6.56. The fourth-order valence-electron chi connectivity index (χ4n) is 2.31. The number of para-hydroxylation sites is 1. The molecule has 0 radical (unpaired) electrons. The Hall–Kier alpha value is -2.10. The average Bonchev–Trinajstić information content (AvgIpc) is 2.90. The van der Waals surface area contributed by atoms with Gasteiger partial charge in [-0.3, -0.25) is 4.79 Å². The number of carboxylic acid groups (broad SMARTS) is 1.